The molecule has 0 radical (unpaired) electrons. The number of pyridine rings is 1. The lowest BCUT2D eigenvalue weighted by atomic mass is 10.1. The molecule has 3 nitrogen and oxygen atoms in total. The predicted molar refractivity (Wildman–Crippen MR) is 84.7 cm³/mol. The SMILES string of the molecule is CC(C)NCc1ccncc1N(C)Cc1ccccc1F. The summed E-state index contributed by atoms with van der Waals surface area (Å²) in [7, 11) is 1.96. The molecule has 0 aliphatic heterocycles. The molecule has 2 aromatic rings. The van der Waals surface area contributed by atoms with Gasteiger partial charge >= 0.3 is 0 Å². The molecule has 1 heterocycles. The van der Waals surface area contributed by atoms with E-state index >= 15 is 0 Å². The third-order valence-electron chi connectivity index (χ3n) is 3.36. The maximum absolute atomic E-state index is 13.8. The largest absolute Gasteiger partial charge is 0.369 e. The molecule has 0 amide bonds. The number of nitrogens with zero attached hydrogens (tertiary/aromatic N) is 2. The first-order chi connectivity index (χ1) is 10.1. The first kappa shape index (κ1) is 15.4. The minimum atomic E-state index is -0.171. The van der Waals surface area contributed by atoms with E-state index in [4.69, 9.17) is 0 Å². The van der Waals surface area contributed by atoms with Crippen molar-refractivity contribution < 1.29 is 4.39 Å². The number of halogens is 1. The Morgan fingerprint density at radius 2 is 1.95 bits per heavy atom. The number of anilines is 1. The van der Waals surface area contributed by atoms with Gasteiger partial charge in [-0.25, -0.2) is 4.39 Å². The molecule has 0 saturated carbocycles. The van der Waals surface area contributed by atoms with Gasteiger partial charge in [0.2, 0.25) is 0 Å². The summed E-state index contributed by atoms with van der Waals surface area (Å²) in [6.07, 6.45) is 3.62. The molecule has 0 fully saturated rings. The summed E-state index contributed by atoms with van der Waals surface area (Å²) in [6, 6.07) is 9.30. The number of aromatic nitrogens is 1. The summed E-state index contributed by atoms with van der Waals surface area (Å²) in [5.41, 5.74) is 2.87. The van der Waals surface area contributed by atoms with Crippen LogP contribution in [-0.4, -0.2) is 18.1 Å². The van der Waals surface area contributed by atoms with Crippen molar-refractivity contribution in [1.29, 1.82) is 0 Å². The first-order valence-corrected chi connectivity index (χ1v) is 7.18. The molecule has 0 unspecified atom stereocenters. The summed E-state index contributed by atoms with van der Waals surface area (Å²) in [6.45, 7) is 5.53. The fourth-order valence-corrected chi connectivity index (χ4v) is 2.19. The Labute approximate surface area is 125 Å². The zero-order chi connectivity index (χ0) is 15.2. The Kier molecular flexibility index (Phi) is 5.28. The minimum absolute atomic E-state index is 0.171. The molecule has 0 aliphatic carbocycles. The summed E-state index contributed by atoms with van der Waals surface area (Å²) in [5, 5.41) is 3.40. The Balaban J connectivity index is 2.15. The summed E-state index contributed by atoms with van der Waals surface area (Å²) in [5.74, 6) is -0.171. The normalized spacial score (nSPS) is 10.9. The maximum atomic E-state index is 13.8. The Morgan fingerprint density at radius 3 is 2.67 bits per heavy atom. The van der Waals surface area contributed by atoms with Crippen LogP contribution in [0.4, 0.5) is 10.1 Å². The molecule has 2 rings (SSSR count). The fourth-order valence-electron chi connectivity index (χ4n) is 2.19. The second-order valence-corrected chi connectivity index (χ2v) is 5.49. The van der Waals surface area contributed by atoms with E-state index in [1.165, 1.54) is 6.07 Å². The highest BCUT2D eigenvalue weighted by Crippen LogP contribution is 2.20. The molecule has 0 saturated heterocycles. The van der Waals surface area contributed by atoms with Crippen LogP contribution in [0, 0.1) is 5.82 Å². The number of nitrogens with one attached hydrogen (secondary N) is 1. The van der Waals surface area contributed by atoms with Crippen LogP contribution in [0.2, 0.25) is 0 Å². The van der Waals surface area contributed by atoms with Crippen LogP contribution in [-0.2, 0) is 13.1 Å². The third kappa shape index (κ3) is 4.26. The van der Waals surface area contributed by atoms with Crippen LogP contribution in [0.5, 0.6) is 0 Å². The van der Waals surface area contributed by atoms with Crippen molar-refractivity contribution in [2.75, 3.05) is 11.9 Å². The highest BCUT2D eigenvalue weighted by atomic mass is 19.1. The van der Waals surface area contributed by atoms with Crippen LogP contribution >= 0.6 is 0 Å². The van der Waals surface area contributed by atoms with Gasteiger partial charge in [-0.3, -0.25) is 4.98 Å². The van der Waals surface area contributed by atoms with E-state index < -0.39 is 0 Å². The van der Waals surface area contributed by atoms with Crippen LogP contribution in [0.1, 0.15) is 25.0 Å². The highest BCUT2D eigenvalue weighted by molar-refractivity contribution is 5.51. The van der Waals surface area contributed by atoms with Crippen molar-refractivity contribution in [3.8, 4) is 0 Å². The summed E-state index contributed by atoms with van der Waals surface area (Å²) >= 11 is 0. The van der Waals surface area contributed by atoms with Gasteiger partial charge in [0.15, 0.2) is 0 Å². The fraction of sp³-hybridized carbons (Fsp3) is 0.353. The number of hydrogen-bond donors (Lipinski definition) is 1. The van der Waals surface area contributed by atoms with Crippen LogP contribution < -0.4 is 10.2 Å². The van der Waals surface area contributed by atoms with Gasteiger partial charge in [0, 0.05) is 37.9 Å². The van der Waals surface area contributed by atoms with Gasteiger partial charge in [-0.05, 0) is 17.7 Å². The monoisotopic (exact) mass is 287 g/mol. The highest BCUT2D eigenvalue weighted by Gasteiger charge is 2.10. The Bertz CT molecular complexity index is 584. The number of hydrogen-bond acceptors (Lipinski definition) is 3. The van der Waals surface area contributed by atoms with Crippen molar-refractivity contribution in [2.45, 2.75) is 33.0 Å². The van der Waals surface area contributed by atoms with E-state index in [1.54, 1.807) is 12.3 Å². The van der Waals surface area contributed by atoms with Crippen molar-refractivity contribution in [2.24, 2.45) is 0 Å². The lowest BCUT2D eigenvalue weighted by molar-refractivity contribution is 0.587. The van der Waals surface area contributed by atoms with E-state index in [2.05, 4.69) is 24.1 Å². The average Bonchev–Trinajstić information content (AvgIpc) is 2.47. The van der Waals surface area contributed by atoms with E-state index in [9.17, 15) is 4.39 Å². The lowest BCUT2D eigenvalue weighted by Gasteiger charge is -2.23. The quantitative estimate of drug-likeness (QED) is 0.883. The molecule has 112 valence electrons. The van der Waals surface area contributed by atoms with Gasteiger partial charge in [0.1, 0.15) is 5.82 Å². The van der Waals surface area contributed by atoms with Crippen molar-refractivity contribution in [3.63, 3.8) is 0 Å². The smallest absolute Gasteiger partial charge is 0.128 e. The van der Waals surface area contributed by atoms with Crippen LogP contribution in [0.3, 0.4) is 0 Å². The maximum Gasteiger partial charge on any atom is 0.128 e. The van der Waals surface area contributed by atoms with Gasteiger partial charge in [-0.2, -0.15) is 0 Å². The van der Waals surface area contributed by atoms with E-state index in [0.717, 1.165) is 17.8 Å². The van der Waals surface area contributed by atoms with Gasteiger partial charge in [0.05, 0.1) is 11.9 Å². The molecular formula is C17H22FN3. The van der Waals surface area contributed by atoms with Gasteiger partial charge in [0.25, 0.3) is 0 Å². The second kappa shape index (κ2) is 7.18. The average molecular weight is 287 g/mol. The number of rotatable bonds is 6. The molecule has 0 bridgehead atoms. The van der Waals surface area contributed by atoms with Gasteiger partial charge in [-0.1, -0.05) is 32.0 Å². The van der Waals surface area contributed by atoms with Crippen molar-refractivity contribution in [1.82, 2.24) is 10.3 Å². The predicted octanol–water partition coefficient (Wildman–Crippen LogP) is 3.36. The van der Waals surface area contributed by atoms with E-state index in [0.29, 0.717) is 18.2 Å². The molecular weight excluding hydrogens is 265 g/mol. The number of benzene rings is 1. The Hall–Kier alpha value is -1.94. The summed E-state index contributed by atoms with van der Waals surface area (Å²) < 4.78 is 13.8. The van der Waals surface area contributed by atoms with Crippen LogP contribution in [0.25, 0.3) is 0 Å². The van der Waals surface area contributed by atoms with E-state index in [-0.39, 0.29) is 5.82 Å². The standard InChI is InChI=1S/C17H22FN3/c1-13(2)20-10-14-8-9-19-11-17(14)21(3)12-15-6-4-5-7-16(15)18/h4-9,11,13,20H,10,12H2,1-3H3. The molecule has 4 heteroatoms. The molecule has 0 aliphatic rings. The lowest BCUT2D eigenvalue weighted by Crippen LogP contribution is -2.25. The zero-order valence-electron chi connectivity index (χ0n) is 12.8. The molecule has 1 aromatic heterocycles. The molecule has 21 heavy (non-hydrogen) atoms. The van der Waals surface area contributed by atoms with Crippen molar-refractivity contribution in [3.05, 3.63) is 59.7 Å². The third-order valence-corrected chi connectivity index (χ3v) is 3.36. The molecule has 1 N–H and O–H groups in total. The van der Waals surface area contributed by atoms with Crippen molar-refractivity contribution >= 4 is 5.69 Å². The van der Waals surface area contributed by atoms with Gasteiger partial charge < -0.3 is 10.2 Å². The second-order valence-electron chi connectivity index (χ2n) is 5.49. The zero-order valence-corrected chi connectivity index (χ0v) is 12.8. The minimum Gasteiger partial charge on any atom is -0.369 e. The molecule has 0 spiro atoms. The summed E-state index contributed by atoms with van der Waals surface area (Å²) in [4.78, 5) is 6.22. The van der Waals surface area contributed by atoms with Crippen LogP contribution in [0.15, 0.2) is 42.7 Å². The first-order valence-electron chi connectivity index (χ1n) is 7.18. The Morgan fingerprint density at radius 1 is 1.19 bits per heavy atom. The molecule has 1 aromatic carbocycles. The van der Waals surface area contributed by atoms with E-state index in [1.807, 2.05) is 36.3 Å². The molecule has 0 atom stereocenters. The topological polar surface area (TPSA) is 28.2 Å². The van der Waals surface area contributed by atoms with Gasteiger partial charge in [-0.15, -0.1) is 0 Å².